The molecule has 1 aromatic carbocycles. The highest BCUT2D eigenvalue weighted by Gasteiger charge is 1.98. The fraction of sp³-hybridized carbons (Fsp3) is 0. The summed E-state index contributed by atoms with van der Waals surface area (Å²) < 4.78 is 0. The zero-order chi connectivity index (χ0) is 11.4. The zero-order valence-electron chi connectivity index (χ0n) is 8.18. The van der Waals surface area contributed by atoms with Crippen LogP contribution in [0, 0.1) is 11.3 Å². The van der Waals surface area contributed by atoms with Gasteiger partial charge in [0, 0.05) is 5.69 Å². The van der Waals surface area contributed by atoms with Gasteiger partial charge in [0.1, 0.15) is 5.15 Å². The van der Waals surface area contributed by atoms with Gasteiger partial charge in [-0.25, -0.2) is 4.98 Å². The monoisotopic (exact) mass is 230 g/mol. The third kappa shape index (κ3) is 2.47. The van der Waals surface area contributed by atoms with Gasteiger partial charge in [0.25, 0.3) is 0 Å². The Hall–Kier alpha value is -2.12. The molecule has 0 amide bonds. The van der Waals surface area contributed by atoms with E-state index in [4.69, 9.17) is 16.9 Å². The van der Waals surface area contributed by atoms with Crippen molar-refractivity contribution in [3.63, 3.8) is 0 Å². The second kappa shape index (κ2) is 4.60. The van der Waals surface area contributed by atoms with Crippen molar-refractivity contribution in [3.8, 4) is 6.07 Å². The van der Waals surface area contributed by atoms with Gasteiger partial charge in [-0.2, -0.15) is 5.26 Å². The molecule has 1 N–H and O–H groups in total. The highest BCUT2D eigenvalue weighted by molar-refractivity contribution is 6.29. The van der Waals surface area contributed by atoms with E-state index in [2.05, 4.69) is 21.4 Å². The first-order chi connectivity index (χ1) is 7.78. The number of rotatable bonds is 2. The van der Waals surface area contributed by atoms with E-state index in [1.807, 2.05) is 6.07 Å². The van der Waals surface area contributed by atoms with Crippen LogP contribution in [0.25, 0.3) is 0 Å². The summed E-state index contributed by atoms with van der Waals surface area (Å²) in [4.78, 5) is 7.93. The van der Waals surface area contributed by atoms with Crippen molar-refractivity contribution in [2.45, 2.75) is 0 Å². The molecule has 0 spiro atoms. The summed E-state index contributed by atoms with van der Waals surface area (Å²) in [5.41, 5.74) is 1.36. The normalized spacial score (nSPS) is 9.50. The van der Waals surface area contributed by atoms with E-state index in [1.54, 1.807) is 24.4 Å². The van der Waals surface area contributed by atoms with Crippen molar-refractivity contribution in [1.29, 1.82) is 5.26 Å². The van der Waals surface area contributed by atoms with Crippen molar-refractivity contribution < 1.29 is 0 Å². The largest absolute Gasteiger partial charge is 0.339 e. The molecule has 1 aromatic heterocycles. The molecule has 78 valence electrons. The third-order valence-corrected chi connectivity index (χ3v) is 2.05. The molecule has 0 unspecified atom stereocenters. The molecule has 1 heterocycles. The lowest BCUT2D eigenvalue weighted by atomic mass is 10.2. The van der Waals surface area contributed by atoms with Crippen molar-refractivity contribution in [2.75, 3.05) is 5.32 Å². The van der Waals surface area contributed by atoms with Crippen LogP contribution in [0.1, 0.15) is 5.56 Å². The molecule has 0 saturated heterocycles. The van der Waals surface area contributed by atoms with E-state index in [1.165, 1.54) is 6.20 Å². The minimum Gasteiger partial charge on any atom is -0.339 e. The number of hydrogen-bond acceptors (Lipinski definition) is 4. The maximum Gasteiger partial charge on any atom is 0.150 e. The molecule has 0 bridgehead atoms. The first kappa shape index (κ1) is 10.4. The Morgan fingerprint density at radius 3 is 2.94 bits per heavy atom. The number of nitriles is 1. The van der Waals surface area contributed by atoms with Crippen LogP contribution >= 0.6 is 11.6 Å². The highest BCUT2D eigenvalue weighted by Crippen LogP contribution is 2.16. The number of nitrogens with one attached hydrogen (secondary N) is 1. The molecular formula is C11H7ClN4. The SMILES string of the molecule is N#Cc1cccc(Nc2cncc(Cl)n2)c1. The summed E-state index contributed by atoms with van der Waals surface area (Å²) in [6.45, 7) is 0. The molecule has 0 saturated carbocycles. The summed E-state index contributed by atoms with van der Waals surface area (Å²) in [6, 6.07) is 9.15. The van der Waals surface area contributed by atoms with Gasteiger partial charge < -0.3 is 5.32 Å². The Balaban J connectivity index is 2.24. The van der Waals surface area contributed by atoms with Crippen molar-refractivity contribution in [1.82, 2.24) is 9.97 Å². The summed E-state index contributed by atoms with van der Waals surface area (Å²) in [7, 11) is 0. The van der Waals surface area contributed by atoms with Crippen LogP contribution < -0.4 is 5.32 Å². The van der Waals surface area contributed by atoms with Gasteiger partial charge in [-0.3, -0.25) is 4.98 Å². The Morgan fingerprint density at radius 1 is 1.31 bits per heavy atom. The summed E-state index contributed by atoms with van der Waals surface area (Å²) in [5.74, 6) is 0.544. The van der Waals surface area contributed by atoms with Gasteiger partial charge in [-0.05, 0) is 18.2 Å². The van der Waals surface area contributed by atoms with Gasteiger partial charge in [0.2, 0.25) is 0 Å². The molecule has 2 aromatic rings. The lowest BCUT2D eigenvalue weighted by Gasteiger charge is -2.04. The van der Waals surface area contributed by atoms with E-state index >= 15 is 0 Å². The molecule has 0 fully saturated rings. The Morgan fingerprint density at radius 2 is 2.19 bits per heavy atom. The van der Waals surface area contributed by atoms with E-state index in [-0.39, 0.29) is 0 Å². The van der Waals surface area contributed by atoms with E-state index < -0.39 is 0 Å². The highest BCUT2D eigenvalue weighted by atomic mass is 35.5. The molecule has 0 aliphatic rings. The van der Waals surface area contributed by atoms with Crippen LogP contribution in [-0.2, 0) is 0 Å². The van der Waals surface area contributed by atoms with Gasteiger partial charge in [-0.1, -0.05) is 17.7 Å². The van der Waals surface area contributed by atoms with Gasteiger partial charge in [-0.15, -0.1) is 0 Å². The third-order valence-electron chi connectivity index (χ3n) is 1.87. The van der Waals surface area contributed by atoms with Crippen molar-refractivity contribution in [3.05, 3.63) is 47.4 Å². The van der Waals surface area contributed by atoms with Crippen molar-refractivity contribution >= 4 is 23.1 Å². The Bertz CT molecular complexity index is 548. The molecular weight excluding hydrogens is 224 g/mol. The Kier molecular flexibility index (Phi) is 2.99. The number of benzene rings is 1. The van der Waals surface area contributed by atoms with E-state index in [0.717, 1.165) is 5.69 Å². The molecule has 4 nitrogen and oxygen atoms in total. The number of nitrogens with zero attached hydrogens (tertiary/aromatic N) is 3. The summed E-state index contributed by atoms with van der Waals surface area (Å²) in [6.07, 6.45) is 3.02. The zero-order valence-corrected chi connectivity index (χ0v) is 8.94. The summed E-state index contributed by atoms with van der Waals surface area (Å²) in [5, 5.41) is 12.1. The van der Waals surface area contributed by atoms with E-state index in [9.17, 15) is 0 Å². The van der Waals surface area contributed by atoms with E-state index in [0.29, 0.717) is 16.5 Å². The molecule has 5 heteroatoms. The second-order valence-corrected chi connectivity index (χ2v) is 3.43. The number of aromatic nitrogens is 2. The fourth-order valence-corrected chi connectivity index (χ4v) is 1.36. The quantitative estimate of drug-likeness (QED) is 0.862. The Labute approximate surface area is 97.5 Å². The van der Waals surface area contributed by atoms with Gasteiger partial charge in [0.15, 0.2) is 5.82 Å². The summed E-state index contributed by atoms with van der Waals surface area (Å²) >= 11 is 5.70. The molecule has 0 atom stereocenters. The lowest BCUT2D eigenvalue weighted by Crippen LogP contribution is -1.94. The molecule has 0 aliphatic heterocycles. The maximum atomic E-state index is 8.75. The smallest absolute Gasteiger partial charge is 0.150 e. The fourth-order valence-electron chi connectivity index (χ4n) is 1.22. The molecule has 16 heavy (non-hydrogen) atoms. The van der Waals surface area contributed by atoms with Crippen LogP contribution in [0.3, 0.4) is 0 Å². The van der Waals surface area contributed by atoms with Crippen LogP contribution in [-0.4, -0.2) is 9.97 Å². The second-order valence-electron chi connectivity index (χ2n) is 3.04. The van der Waals surface area contributed by atoms with Crippen LogP contribution in [0.5, 0.6) is 0 Å². The average Bonchev–Trinajstić information content (AvgIpc) is 2.29. The van der Waals surface area contributed by atoms with Crippen LogP contribution in [0.15, 0.2) is 36.7 Å². The number of anilines is 2. The predicted molar refractivity (Wildman–Crippen MR) is 61.5 cm³/mol. The minimum atomic E-state index is 0.321. The topological polar surface area (TPSA) is 61.6 Å². The molecule has 0 aliphatic carbocycles. The lowest BCUT2D eigenvalue weighted by molar-refractivity contribution is 1.20. The number of halogens is 1. The minimum absolute atomic E-state index is 0.321. The van der Waals surface area contributed by atoms with Crippen LogP contribution in [0.2, 0.25) is 5.15 Å². The maximum absolute atomic E-state index is 8.75. The predicted octanol–water partition coefficient (Wildman–Crippen LogP) is 2.75. The standard InChI is InChI=1S/C11H7ClN4/c12-10-6-14-7-11(16-10)15-9-3-1-2-8(4-9)5-13/h1-4,6-7H,(H,15,16). The van der Waals surface area contributed by atoms with Crippen molar-refractivity contribution in [2.24, 2.45) is 0 Å². The van der Waals surface area contributed by atoms with Crippen LogP contribution in [0.4, 0.5) is 11.5 Å². The molecule has 0 radical (unpaired) electrons. The average molecular weight is 231 g/mol. The number of hydrogen-bond donors (Lipinski definition) is 1. The first-order valence-corrected chi connectivity index (χ1v) is 4.90. The van der Waals surface area contributed by atoms with Gasteiger partial charge >= 0.3 is 0 Å². The first-order valence-electron chi connectivity index (χ1n) is 4.52. The molecule has 2 rings (SSSR count). The van der Waals surface area contributed by atoms with Gasteiger partial charge in [0.05, 0.1) is 24.0 Å².